The molecule has 0 aliphatic heterocycles. The van der Waals surface area contributed by atoms with E-state index in [-0.39, 0.29) is 12.5 Å². The highest BCUT2D eigenvalue weighted by molar-refractivity contribution is 6.02. The average molecular weight is 316 g/mol. The summed E-state index contributed by atoms with van der Waals surface area (Å²) in [7, 11) is 1.91. The minimum Gasteiger partial charge on any atom is -0.395 e. The van der Waals surface area contributed by atoms with Gasteiger partial charge in [-0.15, -0.1) is 0 Å². The summed E-state index contributed by atoms with van der Waals surface area (Å²) < 4.78 is 0. The van der Waals surface area contributed by atoms with Crippen LogP contribution in [-0.4, -0.2) is 41.4 Å². The molecule has 124 valence electrons. The van der Waals surface area contributed by atoms with Crippen LogP contribution in [0.15, 0.2) is 30.3 Å². The van der Waals surface area contributed by atoms with Crippen molar-refractivity contribution in [2.24, 2.45) is 5.92 Å². The van der Waals surface area contributed by atoms with Crippen molar-refractivity contribution in [3.63, 3.8) is 0 Å². The van der Waals surface area contributed by atoms with E-state index in [1.807, 2.05) is 36.2 Å². The number of amides is 1. The van der Waals surface area contributed by atoms with Crippen molar-refractivity contribution in [3.8, 4) is 0 Å². The molecule has 1 heterocycles. The molecular formula is C17H24N4O2. The Morgan fingerprint density at radius 1 is 1.35 bits per heavy atom. The van der Waals surface area contributed by atoms with E-state index in [4.69, 9.17) is 5.11 Å². The number of carbonyl (C=O) groups excluding carboxylic acids is 1. The first-order valence-corrected chi connectivity index (χ1v) is 7.77. The van der Waals surface area contributed by atoms with Crippen LogP contribution in [0, 0.1) is 5.92 Å². The van der Waals surface area contributed by atoms with Crippen molar-refractivity contribution in [3.05, 3.63) is 41.7 Å². The molecule has 3 N–H and O–H groups in total. The minimum absolute atomic E-state index is 0.104. The third-order valence-corrected chi connectivity index (χ3v) is 3.49. The lowest BCUT2D eigenvalue weighted by Crippen LogP contribution is -2.21. The zero-order chi connectivity index (χ0) is 16.8. The Morgan fingerprint density at radius 2 is 2.04 bits per heavy atom. The van der Waals surface area contributed by atoms with Gasteiger partial charge in [0.25, 0.3) is 5.91 Å². The maximum absolute atomic E-state index is 12.2. The molecule has 1 amide bonds. The monoisotopic (exact) mass is 316 g/mol. The third-order valence-electron chi connectivity index (χ3n) is 3.49. The summed E-state index contributed by atoms with van der Waals surface area (Å²) in [6, 6.07) is 9.27. The quantitative estimate of drug-likeness (QED) is 0.732. The number of benzene rings is 1. The Balaban J connectivity index is 1.98. The summed E-state index contributed by atoms with van der Waals surface area (Å²) in [4.78, 5) is 14.1. The second-order valence-corrected chi connectivity index (χ2v) is 6.02. The number of likely N-dealkylation sites (N-methyl/N-ethyl adjacent to an activating group) is 1. The Bertz CT molecular complexity index is 634. The topological polar surface area (TPSA) is 81.2 Å². The number of nitrogens with zero attached hydrogens (tertiary/aromatic N) is 2. The maximum atomic E-state index is 12.2. The number of aliphatic hydroxyl groups is 1. The molecule has 0 saturated heterocycles. The molecule has 0 saturated carbocycles. The van der Waals surface area contributed by atoms with Gasteiger partial charge >= 0.3 is 0 Å². The van der Waals surface area contributed by atoms with Gasteiger partial charge < -0.3 is 15.3 Å². The van der Waals surface area contributed by atoms with Crippen LogP contribution >= 0.6 is 0 Å². The van der Waals surface area contributed by atoms with Crippen molar-refractivity contribution in [1.29, 1.82) is 0 Å². The van der Waals surface area contributed by atoms with Crippen LogP contribution in [0.4, 0.5) is 11.4 Å². The fourth-order valence-corrected chi connectivity index (χ4v) is 2.30. The summed E-state index contributed by atoms with van der Waals surface area (Å²) in [5.74, 6) is 0.280. The largest absolute Gasteiger partial charge is 0.395 e. The van der Waals surface area contributed by atoms with E-state index in [2.05, 4.69) is 29.4 Å². The van der Waals surface area contributed by atoms with E-state index < -0.39 is 0 Å². The Kier molecular flexibility index (Phi) is 5.76. The van der Waals surface area contributed by atoms with E-state index in [1.165, 1.54) is 0 Å². The normalized spacial score (nSPS) is 10.8. The van der Waals surface area contributed by atoms with Gasteiger partial charge in [0.2, 0.25) is 0 Å². The van der Waals surface area contributed by atoms with Crippen molar-refractivity contribution < 1.29 is 9.90 Å². The summed E-state index contributed by atoms with van der Waals surface area (Å²) in [6.45, 7) is 4.91. The number of H-pyrrole nitrogens is 1. The molecule has 0 bridgehead atoms. The van der Waals surface area contributed by atoms with E-state index in [1.54, 1.807) is 6.07 Å². The average Bonchev–Trinajstić information content (AvgIpc) is 2.96. The number of nitrogens with one attached hydrogen (secondary N) is 2. The van der Waals surface area contributed by atoms with Crippen molar-refractivity contribution in [2.75, 3.05) is 30.4 Å². The van der Waals surface area contributed by atoms with Crippen molar-refractivity contribution >= 4 is 17.3 Å². The van der Waals surface area contributed by atoms with Gasteiger partial charge in [-0.1, -0.05) is 13.8 Å². The lowest BCUT2D eigenvalue weighted by molar-refractivity contribution is 0.102. The lowest BCUT2D eigenvalue weighted by atomic mass is 10.1. The highest BCUT2D eigenvalue weighted by Crippen LogP contribution is 2.17. The summed E-state index contributed by atoms with van der Waals surface area (Å²) in [5, 5.41) is 18.7. The molecule has 0 fully saturated rings. The molecule has 23 heavy (non-hydrogen) atoms. The van der Waals surface area contributed by atoms with Crippen LogP contribution in [0.1, 0.15) is 30.0 Å². The van der Waals surface area contributed by atoms with Crippen LogP contribution in [0.2, 0.25) is 0 Å². The van der Waals surface area contributed by atoms with Crippen molar-refractivity contribution in [1.82, 2.24) is 10.2 Å². The molecule has 0 aliphatic carbocycles. The van der Waals surface area contributed by atoms with Gasteiger partial charge in [-0.25, -0.2) is 0 Å². The van der Waals surface area contributed by atoms with Gasteiger partial charge in [0.1, 0.15) is 0 Å². The number of anilines is 2. The molecule has 0 unspecified atom stereocenters. The Morgan fingerprint density at radius 3 is 2.65 bits per heavy atom. The maximum Gasteiger partial charge on any atom is 0.276 e. The molecule has 1 aromatic carbocycles. The number of carbonyl (C=O) groups is 1. The zero-order valence-corrected chi connectivity index (χ0v) is 13.8. The summed E-state index contributed by atoms with van der Waals surface area (Å²) >= 11 is 0. The van der Waals surface area contributed by atoms with Crippen LogP contribution in [-0.2, 0) is 6.42 Å². The first-order chi connectivity index (χ1) is 11.0. The van der Waals surface area contributed by atoms with E-state index in [0.29, 0.717) is 23.8 Å². The van der Waals surface area contributed by atoms with E-state index in [0.717, 1.165) is 17.8 Å². The van der Waals surface area contributed by atoms with Gasteiger partial charge in [-0.3, -0.25) is 9.89 Å². The third kappa shape index (κ3) is 4.82. The zero-order valence-electron chi connectivity index (χ0n) is 13.8. The number of hydrogen-bond acceptors (Lipinski definition) is 4. The van der Waals surface area contributed by atoms with E-state index >= 15 is 0 Å². The first-order valence-electron chi connectivity index (χ1n) is 7.77. The van der Waals surface area contributed by atoms with Crippen LogP contribution in [0.25, 0.3) is 0 Å². The number of hydrogen-bond donors (Lipinski definition) is 3. The molecule has 0 spiro atoms. The fourth-order valence-electron chi connectivity index (χ4n) is 2.30. The van der Waals surface area contributed by atoms with Crippen LogP contribution in [0.3, 0.4) is 0 Å². The van der Waals surface area contributed by atoms with Crippen LogP contribution < -0.4 is 10.2 Å². The number of aromatic nitrogens is 2. The predicted molar refractivity (Wildman–Crippen MR) is 91.9 cm³/mol. The molecule has 0 atom stereocenters. The molecule has 2 aromatic rings. The smallest absolute Gasteiger partial charge is 0.276 e. The van der Waals surface area contributed by atoms with Gasteiger partial charge in [-0.2, -0.15) is 5.10 Å². The molecule has 0 aliphatic rings. The molecular weight excluding hydrogens is 292 g/mol. The molecule has 0 radical (unpaired) electrons. The standard InChI is InChI=1S/C17H24N4O2/c1-12(2)10-14-11-16(20-19-14)17(23)18-13-4-6-15(7-5-13)21(3)8-9-22/h4-7,11-12,22H,8-10H2,1-3H3,(H,18,23)(H,19,20). The van der Waals surface area contributed by atoms with Crippen molar-refractivity contribution in [2.45, 2.75) is 20.3 Å². The second-order valence-electron chi connectivity index (χ2n) is 6.02. The lowest BCUT2D eigenvalue weighted by Gasteiger charge is -2.18. The van der Waals surface area contributed by atoms with Gasteiger partial charge in [0, 0.05) is 30.7 Å². The number of aliphatic hydroxyl groups excluding tert-OH is 1. The summed E-state index contributed by atoms with van der Waals surface area (Å²) in [5.41, 5.74) is 3.05. The van der Waals surface area contributed by atoms with Crippen LogP contribution in [0.5, 0.6) is 0 Å². The fraction of sp³-hybridized carbons (Fsp3) is 0.412. The van der Waals surface area contributed by atoms with E-state index in [9.17, 15) is 4.79 Å². The predicted octanol–water partition coefficient (Wildman–Crippen LogP) is 2.29. The Labute approximate surface area is 136 Å². The Hall–Kier alpha value is -2.34. The summed E-state index contributed by atoms with van der Waals surface area (Å²) in [6.07, 6.45) is 0.867. The first kappa shape index (κ1) is 17.0. The highest BCUT2D eigenvalue weighted by Gasteiger charge is 2.11. The highest BCUT2D eigenvalue weighted by atomic mass is 16.3. The molecule has 6 nitrogen and oxygen atoms in total. The van der Waals surface area contributed by atoms with Gasteiger partial charge in [0.15, 0.2) is 5.69 Å². The molecule has 1 aromatic heterocycles. The molecule has 2 rings (SSSR count). The van der Waals surface area contributed by atoms with Gasteiger partial charge in [0.05, 0.1) is 6.61 Å². The van der Waals surface area contributed by atoms with Gasteiger partial charge in [-0.05, 0) is 42.7 Å². The minimum atomic E-state index is -0.229. The number of rotatable bonds is 7. The second kappa shape index (κ2) is 7.78. The molecule has 6 heteroatoms. The number of aromatic amines is 1. The SMILES string of the molecule is CC(C)Cc1cc(C(=O)Nc2ccc(N(C)CCO)cc2)n[nH]1.